The van der Waals surface area contributed by atoms with E-state index < -0.39 is 5.97 Å². The van der Waals surface area contributed by atoms with E-state index in [1.807, 2.05) is 30.3 Å². The van der Waals surface area contributed by atoms with Crippen molar-refractivity contribution in [1.82, 2.24) is 14.8 Å². The van der Waals surface area contributed by atoms with Crippen LogP contribution in [0.25, 0.3) is 17.0 Å². The van der Waals surface area contributed by atoms with Gasteiger partial charge in [-0.25, -0.2) is 14.5 Å². The molecule has 8 nitrogen and oxygen atoms in total. The fraction of sp³-hybridized carbons (Fsp3) is 0.167. The highest BCUT2D eigenvalue weighted by atomic mass is 16.5. The minimum absolute atomic E-state index is 0.138. The number of aromatic nitrogens is 3. The summed E-state index contributed by atoms with van der Waals surface area (Å²) in [5, 5.41) is 7.07. The maximum atomic E-state index is 12.3. The highest BCUT2D eigenvalue weighted by Gasteiger charge is 2.12. The van der Waals surface area contributed by atoms with Gasteiger partial charge in [-0.3, -0.25) is 4.79 Å². The first kappa shape index (κ1) is 21.0. The highest BCUT2D eigenvalue weighted by molar-refractivity contribution is 5.91. The van der Waals surface area contributed by atoms with Crippen molar-refractivity contribution >= 4 is 17.6 Å². The van der Waals surface area contributed by atoms with Gasteiger partial charge in [-0.1, -0.05) is 30.3 Å². The van der Waals surface area contributed by atoms with Gasteiger partial charge < -0.3 is 14.5 Å². The van der Waals surface area contributed by atoms with E-state index in [1.54, 1.807) is 54.3 Å². The molecule has 4 aromatic rings. The third-order valence-electron chi connectivity index (χ3n) is 4.67. The summed E-state index contributed by atoms with van der Waals surface area (Å²) in [4.78, 5) is 28.3. The molecule has 2 aromatic heterocycles. The van der Waals surface area contributed by atoms with Crippen molar-refractivity contribution in [3.63, 3.8) is 0 Å². The Hall–Kier alpha value is -4.20. The number of benzene rings is 2. The maximum Gasteiger partial charge on any atom is 0.358 e. The molecule has 0 saturated heterocycles. The van der Waals surface area contributed by atoms with Gasteiger partial charge in [0.25, 0.3) is 0 Å². The Morgan fingerprint density at radius 3 is 2.59 bits per heavy atom. The van der Waals surface area contributed by atoms with Gasteiger partial charge in [0.2, 0.25) is 5.91 Å². The molecule has 2 aromatic carbocycles. The Bertz CT molecular complexity index is 1200. The maximum absolute atomic E-state index is 12.3. The van der Waals surface area contributed by atoms with Gasteiger partial charge >= 0.3 is 5.97 Å². The molecule has 0 atom stereocenters. The molecule has 1 amide bonds. The molecule has 4 rings (SSSR count). The van der Waals surface area contributed by atoms with E-state index in [0.717, 1.165) is 11.3 Å². The zero-order valence-corrected chi connectivity index (χ0v) is 17.5. The first-order chi connectivity index (χ1) is 15.6. The van der Waals surface area contributed by atoms with Gasteiger partial charge in [0, 0.05) is 30.3 Å². The highest BCUT2D eigenvalue weighted by Crippen LogP contribution is 2.20. The number of nitrogens with zero attached hydrogens (tertiary/aromatic N) is 3. The summed E-state index contributed by atoms with van der Waals surface area (Å²) < 4.78 is 12.3. The van der Waals surface area contributed by atoms with Crippen LogP contribution in [0, 0.1) is 0 Å². The van der Waals surface area contributed by atoms with Crippen molar-refractivity contribution in [3.8, 4) is 17.0 Å². The molecule has 1 N–H and O–H groups in total. The molecule has 0 aliphatic rings. The van der Waals surface area contributed by atoms with Gasteiger partial charge in [-0.05, 0) is 37.3 Å². The van der Waals surface area contributed by atoms with E-state index in [-0.39, 0.29) is 18.0 Å². The summed E-state index contributed by atoms with van der Waals surface area (Å²) >= 11 is 0. The number of aryl methyl sites for hydroxylation is 1. The molecule has 0 saturated carbocycles. The molecule has 32 heavy (non-hydrogen) atoms. The Kier molecular flexibility index (Phi) is 6.41. The average Bonchev–Trinajstić information content (AvgIpc) is 3.49. The smallest absolute Gasteiger partial charge is 0.358 e. The lowest BCUT2D eigenvalue weighted by Crippen LogP contribution is -2.12. The van der Waals surface area contributed by atoms with Crippen molar-refractivity contribution in [2.75, 3.05) is 11.9 Å². The van der Waals surface area contributed by atoms with Crippen LogP contribution in [0.2, 0.25) is 0 Å². The Morgan fingerprint density at radius 2 is 1.84 bits per heavy atom. The van der Waals surface area contributed by atoms with Crippen molar-refractivity contribution in [1.29, 1.82) is 0 Å². The molecule has 8 heteroatoms. The van der Waals surface area contributed by atoms with E-state index in [4.69, 9.17) is 9.15 Å². The number of hydrogen-bond donors (Lipinski definition) is 1. The number of anilines is 1. The van der Waals surface area contributed by atoms with Crippen LogP contribution in [0.1, 0.15) is 29.7 Å². The fourth-order valence-corrected chi connectivity index (χ4v) is 3.08. The molecule has 0 aliphatic heterocycles. The van der Waals surface area contributed by atoms with Crippen LogP contribution in [0.5, 0.6) is 0 Å². The van der Waals surface area contributed by atoms with Gasteiger partial charge in [-0.15, -0.1) is 0 Å². The quantitative estimate of drug-likeness (QED) is 0.419. The predicted octanol–water partition coefficient (Wildman–Crippen LogP) is 4.28. The summed E-state index contributed by atoms with van der Waals surface area (Å²) in [5.41, 5.74) is 2.61. The number of oxazole rings is 1. The van der Waals surface area contributed by atoms with Crippen molar-refractivity contribution < 1.29 is 18.7 Å². The minimum Gasteiger partial charge on any atom is -0.461 e. The molecule has 0 fully saturated rings. The molecule has 0 aliphatic carbocycles. The molecule has 0 spiro atoms. The first-order valence-corrected chi connectivity index (χ1v) is 10.3. The summed E-state index contributed by atoms with van der Waals surface area (Å²) in [6.07, 6.45) is 4.00. The van der Waals surface area contributed by atoms with E-state index >= 15 is 0 Å². The van der Waals surface area contributed by atoms with Gasteiger partial charge in [-0.2, -0.15) is 5.10 Å². The van der Waals surface area contributed by atoms with Gasteiger partial charge in [0.1, 0.15) is 0 Å². The summed E-state index contributed by atoms with van der Waals surface area (Å²) in [6.45, 7) is 2.04. The molecular formula is C24H22N4O4. The second kappa shape index (κ2) is 9.74. The standard InChI is InChI=1S/C24H22N4O4/c1-2-31-24(30)20-14-15-28(27-20)19-10-8-18(9-11-19)26-22(29)12-13-23-25-16-21(32-23)17-6-4-3-5-7-17/h3-11,14-16H,2,12-13H2,1H3,(H,26,29). The van der Waals surface area contributed by atoms with Crippen molar-refractivity contribution in [2.24, 2.45) is 0 Å². The van der Waals surface area contributed by atoms with Crippen molar-refractivity contribution in [3.05, 3.63) is 84.6 Å². The topological polar surface area (TPSA) is 99.2 Å². The monoisotopic (exact) mass is 430 g/mol. The largest absolute Gasteiger partial charge is 0.461 e. The lowest BCUT2D eigenvalue weighted by Gasteiger charge is -2.06. The van der Waals surface area contributed by atoms with Crippen LogP contribution >= 0.6 is 0 Å². The predicted molar refractivity (Wildman–Crippen MR) is 118 cm³/mol. The molecular weight excluding hydrogens is 408 g/mol. The number of ether oxygens (including phenoxy) is 1. The van der Waals surface area contributed by atoms with Crippen molar-refractivity contribution in [2.45, 2.75) is 19.8 Å². The van der Waals surface area contributed by atoms with Crippen LogP contribution in [0.3, 0.4) is 0 Å². The normalized spacial score (nSPS) is 10.7. The number of carbonyl (C=O) groups is 2. The summed E-state index contributed by atoms with van der Waals surface area (Å²) in [7, 11) is 0. The van der Waals surface area contributed by atoms with E-state index in [2.05, 4.69) is 15.4 Å². The summed E-state index contributed by atoms with van der Waals surface area (Å²) in [5.74, 6) is 0.602. The minimum atomic E-state index is -0.461. The number of amides is 1. The van der Waals surface area contributed by atoms with Gasteiger partial charge in [0.15, 0.2) is 17.3 Å². The zero-order valence-electron chi connectivity index (χ0n) is 17.5. The average molecular weight is 430 g/mol. The van der Waals surface area contributed by atoms with Gasteiger partial charge in [0.05, 0.1) is 18.5 Å². The lowest BCUT2D eigenvalue weighted by atomic mass is 10.2. The number of carbonyl (C=O) groups excluding carboxylic acids is 2. The van der Waals surface area contributed by atoms with Crippen LogP contribution in [-0.2, 0) is 16.0 Å². The van der Waals surface area contributed by atoms with Crippen LogP contribution in [0.4, 0.5) is 5.69 Å². The first-order valence-electron chi connectivity index (χ1n) is 10.3. The second-order valence-corrected chi connectivity index (χ2v) is 6.95. The van der Waals surface area contributed by atoms with Crippen LogP contribution in [0.15, 0.2) is 77.5 Å². The molecule has 0 bridgehead atoms. The third-order valence-corrected chi connectivity index (χ3v) is 4.67. The second-order valence-electron chi connectivity index (χ2n) is 6.95. The molecule has 0 unspecified atom stereocenters. The fourth-order valence-electron chi connectivity index (χ4n) is 3.08. The van der Waals surface area contributed by atoms with E-state index in [0.29, 0.717) is 30.4 Å². The number of nitrogens with one attached hydrogen (secondary N) is 1. The number of rotatable bonds is 8. The molecule has 0 radical (unpaired) electrons. The lowest BCUT2D eigenvalue weighted by molar-refractivity contribution is -0.116. The Balaban J connectivity index is 1.31. The molecule has 162 valence electrons. The SMILES string of the molecule is CCOC(=O)c1ccn(-c2ccc(NC(=O)CCc3ncc(-c4ccccc4)o3)cc2)n1. The Labute approximate surface area is 184 Å². The van der Waals surface area contributed by atoms with E-state index in [9.17, 15) is 9.59 Å². The Morgan fingerprint density at radius 1 is 1.06 bits per heavy atom. The number of hydrogen-bond acceptors (Lipinski definition) is 6. The van der Waals surface area contributed by atoms with E-state index in [1.165, 1.54) is 0 Å². The summed E-state index contributed by atoms with van der Waals surface area (Å²) in [6, 6.07) is 18.4. The zero-order chi connectivity index (χ0) is 22.3. The van der Waals surface area contributed by atoms with Crippen LogP contribution in [-0.4, -0.2) is 33.2 Å². The molecule has 2 heterocycles. The third kappa shape index (κ3) is 5.10. The van der Waals surface area contributed by atoms with Crippen LogP contribution < -0.4 is 5.32 Å². The number of esters is 1.